The molecular weight excluding hydrogens is 188 g/mol. The lowest BCUT2D eigenvalue weighted by Crippen LogP contribution is -2.14. The number of hydrogen-bond acceptors (Lipinski definition) is 2. The predicted octanol–water partition coefficient (Wildman–Crippen LogP) is 2.27. The summed E-state index contributed by atoms with van der Waals surface area (Å²) in [6.45, 7) is 5.95. The molecule has 2 aromatic heterocycles. The first-order chi connectivity index (χ1) is 7.18. The van der Waals surface area contributed by atoms with Crippen molar-refractivity contribution in [3.63, 3.8) is 0 Å². The van der Waals surface area contributed by atoms with Crippen LogP contribution in [0.5, 0.6) is 0 Å². The summed E-state index contributed by atoms with van der Waals surface area (Å²) in [5.41, 5.74) is 1.05. The number of nitrogens with zero attached hydrogens (tertiary/aromatic N) is 2. The summed E-state index contributed by atoms with van der Waals surface area (Å²) in [5.74, 6) is 0. The molecule has 0 aliphatic rings. The van der Waals surface area contributed by atoms with E-state index in [0.717, 1.165) is 16.3 Å². The first-order valence-corrected chi connectivity index (χ1v) is 5.09. The molecule has 2 rings (SSSR count). The van der Waals surface area contributed by atoms with Crippen LogP contribution in [0.1, 0.15) is 19.4 Å². The van der Waals surface area contributed by atoms with Crippen LogP contribution < -0.4 is 5.56 Å². The maximum atomic E-state index is 11.3. The molecule has 0 fully saturated rings. The number of pyridine rings is 2. The third-order valence-corrected chi connectivity index (χ3v) is 2.17. The number of hydrogen-bond donors (Lipinski definition) is 0. The van der Waals surface area contributed by atoms with Crippen molar-refractivity contribution in [2.75, 3.05) is 0 Å². The third kappa shape index (κ3) is 2.24. The van der Waals surface area contributed by atoms with E-state index in [-0.39, 0.29) is 5.56 Å². The van der Waals surface area contributed by atoms with Crippen LogP contribution in [0.2, 0.25) is 0 Å². The fourth-order valence-corrected chi connectivity index (χ4v) is 1.39. The molecule has 15 heavy (non-hydrogen) atoms. The Balaban J connectivity index is 0.000000531. The van der Waals surface area contributed by atoms with Crippen molar-refractivity contribution < 1.29 is 0 Å². The lowest BCUT2D eigenvalue weighted by molar-refractivity contribution is 0.869. The molecule has 0 bridgehead atoms. The van der Waals surface area contributed by atoms with Crippen LogP contribution in [-0.4, -0.2) is 9.55 Å². The second kappa shape index (κ2) is 4.73. The minimum Gasteiger partial charge on any atom is -0.318 e. The van der Waals surface area contributed by atoms with E-state index in [0.29, 0.717) is 0 Å². The molecule has 2 aromatic rings. The van der Waals surface area contributed by atoms with Gasteiger partial charge < -0.3 is 4.57 Å². The average molecular weight is 204 g/mol. The molecule has 0 saturated carbocycles. The fraction of sp³-hybridized carbons (Fsp3) is 0.333. The van der Waals surface area contributed by atoms with Crippen molar-refractivity contribution in [1.29, 1.82) is 0 Å². The number of rotatable bonds is 0. The zero-order valence-corrected chi connectivity index (χ0v) is 9.61. The van der Waals surface area contributed by atoms with Crippen LogP contribution in [0.4, 0.5) is 0 Å². The van der Waals surface area contributed by atoms with Crippen molar-refractivity contribution >= 4 is 10.8 Å². The van der Waals surface area contributed by atoms with Gasteiger partial charge in [0, 0.05) is 37.1 Å². The van der Waals surface area contributed by atoms with Gasteiger partial charge in [-0.05, 0) is 17.9 Å². The first-order valence-electron chi connectivity index (χ1n) is 5.09. The van der Waals surface area contributed by atoms with Gasteiger partial charge in [0.05, 0.1) is 0 Å². The number of fused-ring (bicyclic) bond motifs is 1. The maximum Gasteiger partial charge on any atom is 0.250 e. The summed E-state index contributed by atoms with van der Waals surface area (Å²) in [7, 11) is 1.74. The van der Waals surface area contributed by atoms with E-state index in [2.05, 4.69) is 4.98 Å². The fourth-order valence-electron chi connectivity index (χ4n) is 1.39. The summed E-state index contributed by atoms with van der Waals surface area (Å²) in [6, 6.07) is 1.65. The van der Waals surface area contributed by atoms with Crippen LogP contribution >= 0.6 is 0 Å². The zero-order chi connectivity index (χ0) is 11.4. The van der Waals surface area contributed by atoms with Crippen molar-refractivity contribution in [3.8, 4) is 0 Å². The highest BCUT2D eigenvalue weighted by Crippen LogP contribution is 2.13. The average Bonchev–Trinajstić information content (AvgIpc) is 2.24. The molecule has 0 aliphatic carbocycles. The van der Waals surface area contributed by atoms with Crippen molar-refractivity contribution in [1.82, 2.24) is 9.55 Å². The van der Waals surface area contributed by atoms with E-state index >= 15 is 0 Å². The molecule has 0 aliphatic heterocycles. The molecular formula is C12H16N2O. The highest BCUT2D eigenvalue weighted by Gasteiger charge is 1.99. The monoisotopic (exact) mass is 204 g/mol. The van der Waals surface area contributed by atoms with E-state index in [1.54, 1.807) is 36.3 Å². The smallest absolute Gasteiger partial charge is 0.250 e. The summed E-state index contributed by atoms with van der Waals surface area (Å²) in [6.07, 6.45) is 5.33. The Morgan fingerprint density at radius 2 is 1.93 bits per heavy atom. The SMILES string of the molecule is CC.Cc1cncc2cn(C)c(=O)cc12. The first kappa shape index (κ1) is 11.4. The van der Waals surface area contributed by atoms with Crippen LogP contribution in [0.15, 0.2) is 29.5 Å². The lowest BCUT2D eigenvalue weighted by Gasteiger charge is -2.02. The molecule has 3 heteroatoms. The minimum atomic E-state index is 0.0156. The topological polar surface area (TPSA) is 34.9 Å². The van der Waals surface area contributed by atoms with Gasteiger partial charge in [0.2, 0.25) is 0 Å². The second-order valence-electron chi connectivity index (χ2n) is 3.18. The van der Waals surface area contributed by atoms with E-state index in [1.807, 2.05) is 20.8 Å². The molecule has 0 radical (unpaired) electrons. The zero-order valence-electron chi connectivity index (χ0n) is 9.61. The Kier molecular flexibility index (Phi) is 3.61. The number of aryl methyl sites for hydroxylation is 2. The Labute approximate surface area is 89.4 Å². The van der Waals surface area contributed by atoms with Crippen LogP contribution in [-0.2, 0) is 7.05 Å². The van der Waals surface area contributed by atoms with Gasteiger partial charge >= 0.3 is 0 Å². The van der Waals surface area contributed by atoms with Gasteiger partial charge in [-0.15, -0.1) is 0 Å². The Morgan fingerprint density at radius 1 is 1.27 bits per heavy atom. The van der Waals surface area contributed by atoms with E-state index < -0.39 is 0 Å². The molecule has 0 unspecified atom stereocenters. The molecule has 0 atom stereocenters. The van der Waals surface area contributed by atoms with Crippen LogP contribution in [0, 0.1) is 6.92 Å². The summed E-state index contributed by atoms with van der Waals surface area (Å²) in [5, 5.41) is 1.99. The molecule has 0 spiro atoms. The van der Waals surface area contributed by atoms with Gasteiger partial charge in [0.25, 0.3) is 5.56 Å². The minimum absolute atomic E-state index is 0.0156. The summed E-state index contributed by atoms with van der Waals surface area (Å²) in [4.78, 5) is 15.4. The quantitative estimate of drug-likeness (QED) is 0.659. The van der Waals surface area contributed by atoms with E-state index in [1.165, 1.54) is 0 Å². The predicted molar refractivity (Wildman–Crippen MR) is 63.1 cm³/mol. The van der Waals surface area contributed by atoms with Gasteiger partial charge in [-0.2, -0.15) is 0 Å². The Morgan fingerprint density at radius 3 is 2.60 bits per heavy atom. The van der Waals surface area contributed by atoms with Crippen molar-refractivity contribution in [2.24, 2.45) is 7.05 Å². The van der Waals surface area contributed by atoms with E-state index in [9.17, 15) is 4.79 Å². The van der Waals surface area contributed by atoms with Crippen molar-refractivity contribution in [3.05, 3.63) is 40.6 Å². The molecule has 80 valence electrons. The Bertz CT molecular complexity index is 515. The lowest BCUT2D eigenvalue weighted by atomic mass is 10.1. The standard InChI is InChI=1S/C10H10N2O.C2H6/c1-7-4-11-5-8-6-12(2)10(13)3-9(7)8;1-2/h3-6H,1-2H3;1-2H3. The highest BCUT2D eigenvalue weighted by molar-refractivity contribution is 5.83. The van der Waals surface area contributed by atoms with Gasteiger partial charge in [-0.1, -0.05) is 13.8 Å². The van der Waals surface area contributed by atoms with Gasteiger partial charge in [0.15, 0.2) is 0 Å². The van der Waals surface area contributed by atoms with Crippen molar-refractivity contribution in [2.45, 2.75) is 20.8 Å². The van der Waals surface area contributed by atoms with Gasteiger partial charge in [-0.3, -0.25) is 9.78 Å². The van der Waals surface area contributed by atoms with Gasteiger partial charge in [0.1, 0.15) is 0 Å². The number of aromatic nitrogens is 2. The summed E-state index contributed by atoms with van der Waals surface area (Å²) >= 11 is 0. The van der Waals surface area contributed by atoms with Crippen LogP contribution in [0.25, 0.3) is 10.8 Å². The molecule has 3 nitrogen and oxygen atoms in total. The highest BCUT2D eigenvalue weighted by atomic mass is 16.1. The molecule has 0 aromatic carbocycles. The molecule has 0 amide bonds. The molecule has 0 N–H and O–H groups in total. The molecule has 2 heterocycles. The largest absolute Gasteiger partial charge is 0.318 e. The van der Waals surface area contributed by atoms with E-state index in [4.69, 9.17) is 0 Å². The van der Waals surface area contributed by atoms with Crippen LogP contribution in [0.3, 0.4) is 0 Å². The molecule has 0 saturated heterocycles. The summed E-state index contributed by atoms with van der Waals surface area (Å²) < 4.78 is 1.56. The maximum absolute atomic E-state index is 11.3. The third-order valence-electron chi connectivity index (χ3n) is 2.17. The van der Waals surface area contributed by atoms with Gasteiger partial charge in [-0.25, -0.2) is 0 Å². The normalized spacial score (nSPS) is 9.60. The Hall–Kier alpha value is -1.64. The second-order valence-corrected chi connectivity index (χ2v) is 3.18.